The SMILES string of the molecule is NC/C=C/c1ncc(Br)s1. The molecule has 54 valence electrons. The Bertz CT molecular complexity index is 231. The molecule has 0 spiro atoms. The van der Waals surface area contributed by atoms with E-state index in [2.05, 4.69) is 20.9 Å². The lowest BCUT2D eigenvalue weighted by Gasteiger charge is -1.78. The van der Waals surface area contributed by atoms with E-state index in [0.717, 1.165) is 8.79 Å². The van der Waals surface area contributed by atoms with Crippen LogP contribution in [0.2, 0.25) is 0 Å². The average molecular weight is 219 g/mol. The van der Waals surface area contributed by atoms with Crippen LogP contribution in [0.5, 0.6) is 0 Å². The van der Waals surface area contributed by atoms with Crippen molar-refractivity contribution >= 4 is 33.3 Å². The van der Waals surface area contributed by atoms with Crippen molar-refractivity contribution in [1.82, 2.24) is 4.98 Å². The third-order valence-corrected chi connectivity index (χ3v) is 2.33. The van der Waals surface area contributed by atoms with E-state index >= 15 is 0 Å². The number of halogens is 1. The summed E-state index contributed by atoms with van der Waals surface area (Å²) in [4.78, 5) is 4.08. The van der Waals surface area contributed by atoms with Gasteiger partial charge in [-0.3, -0.25) is 0 Å². The second-order valence-electron chi connectivity index (χ2n) is 1.64. The maximum atomic E-state index is 5.26. The Morgan fingerprint density at radius 3 is 3.10 bits per heavy atom. The second kappa shape index (κ2) is 3.85. The van der Waals surface area contributed by atoms with Gasteiger partial charge in [-0.1, -0.05) is 6.08 Å². The Labute approximate surface area is 71.9 Å². The number of rotatable bonds is 2. The van der Waals surface area contributed by atoms with Crippen LogP contribution in [0.25, 0.3) is 6.08 Å². The summed E-state index contributed by atoms with van der Waals surface area (Å²) in [6, 6.07) is 0. The molecule has 4 heteroatoms. The van der Waals surface area contributed by atoms with E-state index in [1.165, 1.54) is 0 Å². The molecule has 0 aliphatic carbocycles. The smallest absolute Gasteiger partial charge is 0.116 e. The van der Waals surface area contributed by atoms with Gasteiger partial charge in [0.05, 0.1) is 9.98 Å². The summed E-state index contributed by atoms with van der Waals surface area (Å²) in [5.41, 5.74) is 5.26. The van der Waals surface area contributed by atoms with Gasteiger partial charge in [0.25, 0.3) is 0 Å². The fourth-order valence-electron chi connectivity index (χ4n) is 0.513. The number of nitrogens with zero attached hydrogens (tertiary/aromatic N) is 1. The van der Waals surface area contributed by atoms with Crippen molar-refractivity contribution in [3.63, 3.8) is 0 Å². The molecule has 1 rings (SSSR count). The van der Waals surface area contributed by atoms with Gasteiger partial charge in [0.15, 0.2) is 0 Å². The zero-order chi connectivity index (χ0) is 7.40. The zero-order valence-corrected chi connectivity index (χ0v) is 7.65. The maximum Gasteiger partial charge on any atom is 0.116 e. The van der Waals surface area contributed by atoms with Gasteiger partial charge >= 0.3 is 0 Å². The third-order valence-electron chi connectivity index (χ3n) is 0.892. The Kier molecular flexibility index (Phi) is 3.05. The average Bonchev–Trinajstić information content (AvgIpc) is 2.31. The van der Waals surface area contributed by atoms with Crippen molar-refractivity contribution in [2.24, 2.45) is 5.73 Å². The van der Waals surface area contributed by atoms with Gasteiger partial charge in [-0.25, -0.2) is 4.98 Å². The molecule has 2 N–H and O–H groups in total. The first-order chi connectivity index (χ1) is 4.83. The fraction of sp³-hybridized carbons (Fsp3) is 0.167. The van der Waals surface area contributed by atoms with E-state index in [4.69, 9.17) is 5.73 Å². The maximum absolute atomic E-state index is 5.26. The Balaban J connectivity index is 2.67. The number of thiazole rings is 1. The lowest BCUT2D eigenvalue weighted by Crippen LogP contribution is -1.91. The highest BCUT2D eigenvalue weighted by atomic mass is 79.9. The fourth-order valence-corrected chi connectivity index (χ4v) is 1.69. The normalized spacial score (nSPS) is 11.0. The minimum absolute atomic E-state index is 0.567. The number of nitrogens with two attached hydrogens (primary N) is 1. The highest BCUT2D eigenvalue weighted by Crippen LogP contribution is 2.19. The molecule has 0 unspecified atom stereocenters. The van der Waals surface area contributed by atoms with E-state index in [0.29, 0.717) is 6.54 Å². The van der Waals surface area contributed by atoms with Gasteiger partial charge in [-0.05, 0) is 22.0 Å². The van der Waals surface area contributed by atoms with Crippen molar-refractivity contribution in [3.05, 3.63) is 21.1 Å². The summed E-state index contributed by atoms with van der Waals surface area (Å²) in [5, 5.41) is 0.984. The summed E-state index contributed by atoms with van der Waals surface area (Å²) in [6.07, 6.45) is 5.57. The van der Waals surface area contributed by atoms with Crippen molar-refractivity contribution < 1.29 is 0 Å². The summed E-state index contributed by atoms with van der Waals surface area (Å²) < 4.78 is 1.05. The number of hydrogen-bond donors (Lipinski definition) is 1. The first kappa shape index (κ1) is 7.91. The predicted octanol–water partition coefficient (Wildman–Crippen LogP) is 1.88. The highest BCUT2D eigenvalue weighted by Gasteiger charge is 1.92. The van der Waals surface area contributed by atoms with Crippen LogP contribution in [0.1, 0.15) is 5.01 Å². The highest BCUT2D eigenvalue weighted by molar-refractivity contribution is 9.11. The zero-order valence-electron chi connectivity index (χ0n) is 5.25. The van der Waals surface area contributed by atoms with Crippen molar-refractivity contribution in [2.45, 2.75) is 0 Å². The molecule has 0 radical (unpaired) electrons. The summed E-state index contributed by atoms with van der Waals surface area (Å²) in [5.74, 6) is 0. The van der Waals surface area contributed by atoms with Crippen LogP contribution in [-0.2, 0) is 0 Å². The quantitative estimate of drug-likeness (QED) is 0.824. The monoisotopic (exact) mass is 218 g/mol. The van der Waals surface area contributed by atoms with E-state index in [1.54, 1.807) is 17.5 Å². The Morgan fingerprint density at radius 1 is 1.80 bits per heavy atom. The third kappa shape index (κ3) is 2.21. The molecule has 0 aliphatic heterocycles. The van der Waals surface area contributed by atoms with Gasteiger partial charge in [-0.15, -0.1) is 11.3 Å². The van der Waals surface area contributed by atoms with Crippen molar-refractivity contribution in [1.29, 1.82) is 0 Å². The van der Waals surface area contributed by atoms with Gasteiger partial charge < -0.3 is 5.73 Å². The molecular weight excluding hydrogens is 212 g/mol. The van der Waals surface area contributed by atoms with Crippen LogP contribution in [0.15, 0.2) is 16.1 Å². The second-order valence-corrected chi connectivity index (χ2v) is 4.08. The van der Waals surface area contributed by atoms with E-state index < -0.39 is 0 Å². The van der Waals surface area contributed by atoms with Gasteiger partial charge in [-0.2, -0.15) is 0 Å². The summed E-state index contributed by atoms with van der Waals surface area (Å²) in [7, 11) is 0. The molecule has 0 aliphatic rings. The molecule has 0 saturated carbocycles. The largest absolute Gasteiger partial charge is 0.327 e. The van der Waals surface area contributed by atoms with Gasteiger partial charge in [0.1, 0.15) is 5.01 Å². The molecule has 1 aromatic rings. The minimum atomic E-state index is 0.567. The van der Waals surface area contributed by atoms with Crippen LogP contribution in [0.4, 0.5) is 0 Å². The van der Waals surface area contributed by atoms with Crippen LogP contribution >= 0.6 is 27.3 Å². The molecule has 1 heterocycles. The van der Waals surface area contributed by atoms with Crippen molar-refractivity contribution in [3.8, 4) is 0 Å². The van der Waals surface area contributed by atoms with E-state index in [1.807, 2.05) is 12.2 Å². The number of hydrogen-bond acceptors (Lipinski definition) is 3. The van der Waals surface area contributed by atoms with Crippen LogP contribution in [0, 0.1) is 0 Å². The van der Waals surface area contributed by atoms with Crippen LogP contribution in [0.3, 0.4) is 0 Å². The predicted molar refractivity (Wildman–Crippen MR) is 47.9 cm³/mol. The summed E-state index contributed by atoms with van der Waals surface area (Å²) in [6.45, 7) is 0.567. The van der Waals surface area contributed by atoms with Gasteiger partial charge in [0, 0.05) is 6.54 Å². The minimum Gasteiger partial charge on any atom is -0.327 e. The van der Waals surface area contributed by atoms with Crippen LogP contribution < -0.4 is 5.73 Å². The molecule has 10 heavy (non-hydrogen) atoms. The summed E-state index contributed by atoms with van der Waals surface area (Å²) >= 11 is 4.91. The molecule has 0 amide bonds. The molecule has 0 saturated heterocycles. The molecule has 0 aromatic carbocycles. The molecular formula is C6H7BrN2S. The van der Waals surface area contributed by atoms with Gasteiger partial charge in [0.2, 0.25) is 0 Å². The Hall–Kier alpha value is -0.190. The molecule has 1 aromatic heterocycles. The first-order valence-electron chi connectivity index (χ1n) is 2.81. The lowest BCUT2D eigenvalue weighted by atomic mass is 10.5. The standard InChI is InChI=1S/C6H7BrN2S/c7-5-4-9-6(10-5)2-1-3-8/h1-2,4H,3,8H2/b2-1+. The number of aromatic nitrogens is 1. The molecule has 0 fully saturated rings. The molecule has 0 bridgehead atoms. The lowest BCUT2D eigenvalue weighted by molar-refractivity contribution is 1.26. The Morgan fingerprint density at radius 2 is 2.60 bits per heavy atom. The van der Waals surface area contributed by atoms with Crippen molar-refractivity contribution in [2.75, 3.05) is 6.54 Å². The first-order valence-corrected chi connectivity index (χ1v) is 4.42. The van der Waals surface area contributed by atoms with E-state index in [9.17, 15) is 0 Å². The van der Waals surface area contributed by atoms with Crippen LogP contribution in [-0.4, -0.2) is 11.5 Å². The topological polar surface area (TPSA) is 38.9 Å². The molecule has 2 nitrogen and oxygen atoms in total. The molecule has 0 atom stereocenters. The van der Waals surface area contributed by atoms with E-state index in [-0.39, 0.29) is 0 Å².